The Morgan fingerprint density at radius 3 is 2.78 bits per heavy atom. The number of hydrogen-bond acceptors (Lipinski definition) is 3. The first-order chi connectivity index (χ1) is 8.84. The summed E-state index contributed by atoms with van der Waals surface area (Å²) >= 11 is 5.65. The van der Waals surface area contributed by atoms with E-state index in [1.165, 1.54) is 19.4 Å². The first-order valence-corrected chi connectivity index (χ1v) is 7.91. The van der Waals surface area contributed by atoms with Crippen molar-refractivity contribution in [1.29, 1.82) is 0 Å². The number of nitrogens with zero attached hydrogens (tertiary/aromatic N) is 1. The average molecular weight is 326 g/mol. The molecule has 0 amide bonds. The molecule has 96 valence electrons. The van der Waals surface area contributed by atoms with E-state index in [1.807, 2.05) is 11.3 Å². The van der Waals surface area contributed by atoms with E-state index in [0.29, 0.717) is 0 Å². The SMILES string of the molecule is Brc1c(CCN2CCOCC2)sc2ccccc12. The van der Waals surface area contributed by atoms with E-state index in [9.17, 15) is 0 Å². The summed E-state index contributed by atoms with van der Waals surface area (Å²) in [5.41, 5.74) is 0. The fraction of sp³-hybridized carbons (Fsp3) is 0.429. The van der Waals surface area contributed by atoms with Crippen molar-refractivity contribution in [3.05, 3.63) is 33.6 Å². The lowest BCUT2D eigenvalue weighted by Gasteiger charge is -2.26. The summed E-state index contributed by atoms with van der Waals surface area (Å²) in [7, 11) is 0. The highest BCUT2D eigenvalue weighted by Gasteiger charge is 2.13. The summed E-state index contributed by atoms with van der Waals surface area (Å²) in [6.45, 7) is 5.04. The molecule has 0 radical (unpaired) electrons. The molecule has 0 aliphatic carbocycles. The van der Waals surface area contributed by atoms with Crippen LogP contribution in [0.1, 0.15) is 4.88 Å². The molecule has 1 fully saturated rings. The maximum Gasteiger partial charge on any atom is 0.0594 e. The van der Waals surface area contributed by atoms with Crippen LogP contribution in [0.5, 0.6) is 0 Å². The monoisotopic (exact) mass is 325 g/mol. The van der Waals surface area contributed by atoms with E-state index in [0.717, 1.165) is 39.3 Å². The zero-order valence-electron chi connectivity index (χ0n) is 10.2. The molecule has 3 rings (SSSR count). The minimum Gasteiger partial charge on any atom is -0.379 e. The van der Waals surface area contributed by atoms with Gasteiger partial charge in [-0.1, -0.05) is 18.2 Å². The molecular weight excluding hydrogens is 310 g/mol. The molecule has 1 aliphatic rings. The fourth-order valence-corrected chi connectivity index (χ4v) is 4.31. The molecule has 0 N–H and O–H groups in total. The predicted molar refractivity (Wildman–Crippen MR) is 80.5 cm³/mol. The molecule has 1 aromatic heterocycles. The molecule has 2 aromatic rings. The Kier molecular flexibility index (Phi) is 3.99. The molecule has 2 nitrogen and oxygen atoms in total. The van der Waals surface area contributed by atoms with E-state index >= 15 is 0 Å². The molecule has 1 saturated heterocycles. The second-order valence-electron chi connectivity index (χ2n) is 4.54. The second kappa shape index (κ2) is 5.70. The lowest BCUT2D eigenvalue weighted by molar-refractivity contribution is 0.0385. The first kappa shape index (κ1) is 12.6. The van der Waals surface area contributed by atoms with Crippen molar-refractivity contribution in [1.82, 2.24) is 4.90 Å². The molecule has 0 unspecified atom stereocenters. The first-order valence-electron chi connectivity index (χ1n) is 6.30. The van der Waals surface area contributed by atoms with Crippen LogP contribution in [0.2, 0.25) is 0 Å². The fourth-order valence-electron chi connectivity index (χ4n) is 2.31. The lowest BCUT2D eigenvalue weighted by Crippen LogP contribution is -2.37. The number of benzene rings is 1. The van der Waals surface area contributed by atoms with Crippen LogP contribution in [0.4, 0.5) is 0 Å². The Balaban J connectivity index is 1.72. The van der Waals surface area contributed by atoms with Gasteiger partial charge in [-0.05, 0) is 28.4 Å². The van der Waals surface area contributed by atoms with Gasteiger partial charge in [-0.15, -0.1) is 11.3 Å². The van der Waals surface area contributed by atoms with Crippen LogP contribution in [0.3, 0.4) is 0 Å². The number of morpholine rings is 1. The maximum atomic E-state index is 5.38. The Morgan fingerprint density at radius 1 is 1.22 bits per heavy atom. The van der Waals surface area contributed by atoms with E-state index in [4.69, 9.17) is 4.74 Å². The maximum absolute atomic E-state index is 5.38. The Bertz CT molecular complexity index is 534. The normalized spacial score (nSPS) is 17.4. The van der Waals surface area contributed by atoms with Crippen LogP contribution < -0.4 is 0 Å². The van der Waals surface area contributed by atoms with Gasteiger partial charge in [-0.2, -0.15) is 0 Å². The van der Waals surface area contributed by atoms with Crippen LogP contribution in [-0.2, 0) is 11.2 Å². The van der Waals surface area contributed by atoms with E-state index in [-0.39, 0.29) is 0 Å². The van der Waals surface area contributed by atoms with Crippen molar-refractivity contribution in [3.8, 4) is 0 Å². The summed E-state index contributed by atoms with van der Waals surface area (Å²) < 4.78 is 8.04. The molecule has 0 atom stereocenters. The molecule has 0 spiro atoms. The van der Waals surface area contributed by atoms with Crippen LogP contribution >= 0.6 is 27.3 Å². The van der Waals surface area contributed by atoms with Crippen molar-refractivity contribution in [2.75, 3.05) is 32.8 Å². The number of fused-ring (bicyclic) bond motifs is 1. The zero-order valence-corrected chi connectivity index (χ0v) is 12.6. The Labute approximate surface area is 120 Å². The van der Waals surface area contributed by atoms with Crippen molar-refractivity contribution in [2.45, 2.75) is 6.42 Å². The number of ether oxygens (including phenoxy) is 1. The van der Waals surface area contributed by atoms with Crippen molar-refractivity contribution in [3.63, 3.8) is 0 Å². The molecule has 1 aromatic carbocycles. The van der Waals surface area contributed by atoms with Gasteiger partial charge < -0.3 is 4.74 Å². The standard InChI is InChI=1S/C14H16BrNOS/c15-14-11-3-1-2-4-12(11)18-13(14)5-6-16-7-9-17-10-8-16/h1-4H,5-10H2. The number of halogens is 1. The van der Waals surface area contributed by atoms with Gasteiger partial charge >= 0.3 is 0 Å². The van der Waals surface area contributed by atoms with Gasteiger partial charge in [-0.25, -0.2) is 0 Å². The molecular formula is C14H16BrNOS. The highest BCUT2D eigenvalue weighted by atomic mass is 79.9. The summed E-state index contributed by atoms with van der Waals surface area (Å²) in [5, 5.41) is 1.35. The van der Waals surface area contributed by atoms with E-state index < -0.39 is 0 Å². The highest BCUT2D eigenvalue weighted by Crippen LogP contribution is 2.35. The third-order valence-corrected chi connectivity index (χ3v) is 5.76. The molecule has 4 heteroatoms. The summed E-state index contributed by atoms with van der Waals surface area (Å²) in [5.74, 6) is 0. The zero-order chi connectivity index (χ0) is 12.4. The summed E-state index contributed by atoms with van der Waals surface area (Å²) in [6, 6.07) is 8.60. The molecule has 2 heterocycles. The number of rotatable bonds is 3. The molecule has 0 saturated carbocycles. The van der Waals surface area contributed by atoms with Gasteiger partial charge in [0, 0.05) is 39.1 Å². The smallest absolute Gasteiger partial charge is 0.0594 e. The van der Waals surface area contributed by atoms with Gasteiger partial charge in [-0.3, -0.25) is 4.90 Å². The van der Waals surface area contributed by atoms with Crippen LogP contribution in [0, 0.1) is 0 Å². The van der Waals surface area contributed by atoms with Crippen LogP contribution in [0.25, 0.3) is 10.1 Å². The predicted octanol–water partition coefficient (Wildman–Crippen LogP) is 3.54. The van der Waals surface area contributed by atoms with Crippen molar-refractivity contribution >= 4 is 37.4 Å². The average Bonchev–Trinajstić information content (AvgIpc) is 2.75. The number of hydrogen-bond donors (Lipinski definition) is 0. The minimum absolute atomic E-state index is 0.883. The molecule has 0 bridgehead atoms. The van der Waals surface area contributed by atoms with Crippen LogP contribution in [-0.4, -0.2) is 37.7 Å². The molecule has 18 heavy (non-hydrogen) atoms. The van der Waals surface area contributed by atoms with Gasteiger partial charge in [0.25, 0.3) is 0 Å². The third-order valence-electron chi connectivity index (χ3n) is 3.36. The van der Waals surface area contributed by atoms with Gasteiger partial charge in [0.05, 0.1) is 13.2 Å². The van der Waals surface area contributed by atoms with Crippen LogP contribution in [0.15, 0.2) is 28.7 Å². The highest BCUT2D eigenvalue weighted by molar-refractivity contribution is 9.10. The quantitative estimate of drug-likeness (QED) is 0.855. The van der Waals surface area contributed by atoms with E-state index in [2.05, 4.69) is 45.1 Å². The van der Waals surface area contributed by atoms with Gasteiger partial charge in [0.15, 0.2) is 0 Å². The Hall–Kier alpha value is -0.420. The topological polar surface area (TPSA) is 12.5 Å². The Morgan fingerprint density at radius 2 is 2.00 bits per heavy atom. The number of thiophene rings is 1. The minimum atomic E-state index is 0.883. The third kappa shape index (κ3) is 2.62. The second-order valence-corrected chi connectivity index (χ2v) is 6.47. The van der Waals surface area contributed by atoms with Crippen molar-refractivity contribution in [2.24, 2.45) is 0 Å². The lowest BCUT2D eigenvalue weighted by atomic mass is 10.2. The van der Waals surface area contributed by atoms with Crippen molar-refractivity contribution < 1.29 is 4.74 Å². The molecule has 1 aliphatic heterocycles. The van der Waals surface area contributed by atoms with Gasteiger partial charge in [0.2, 0.25) is 0 Å². The largest absolute Gasteiger partial charge is 0.379 e. The summed E-state index contributed by atoms with van der Waals surface area (Å²) in [4.78, 5) is 3.95. The van der Waals surface area contributed by atoms with Gasteiger partial charge in [0.1, 0.15) is 0 Å². The van der Waals surface area contributed by atoms with E-state index in [1.54, 1.807) is 0 Å². The summed E-state index contributed by atoms with van der Waals surface area (Å²) in [6.07, 6.45) is 1.12.